The smallest absolute Gasteiger partial charge is 0.0541 e. The zero-order valence-corrected chi connectivity index (χ0v) is 44.9. The van der Waals surface area contributed by atoms with Gasteiger partial charge in [-0.3, -0.25) is 0 Å². The number of hydrogen-bond acceptors (Lipinski definition) is 0. The Labute approximate surface area is 459 Å². The second kappa shape index (κ2) is 18.7. The maximum absolute atomic E-state index is 2.43. The summed E-state index contributed by atoms with van der Waals surface area (Å²) in [5, 5.41) is 15.6. The molecule has 0 amide bonds. The molecule has 4 nitrogen and oxygen atoms in total. The fourth-order valence-corrected chi connectivity index (χ4v) is 19.1. The molecule has 4 heterocycles. The van der Waals surface area contributed by atoms with E-state index in [0.717, 1.165) is 5.90 Å². The molecule has 0 spiro atoms. The highest BCUT2D eigenvalue weighted by atomic mass is 31.2. The summed E-state index contributed by atoms with van der Waals surface area (Å²) in [4.78, 5) is 0. The highest BCUT2D eigenvalue weighted by Crippen LogP contribution is 2.50. The minimum Gasteiger partial charge on any atom is -0.309 e. The van der Waals surface area contributed by atoms with Crippen molar-refractivity contribution in [2.24, 2.45) is 0 Å². The molecule has 0 saturated carbocycles. The number of rotatable bonds is 10. The zero-order chi connectivity index (χ0) is 52.0. The van der Waals surface area contributed by atoms with Crippen LogP contribution in [-0.4, -0.2) is 24.2 Å². The minimum absolute atomic E-state index is 0.897. The van der Waals surface area contributed by atoms with E-state index in [1.807, 2.05) is 0 Å². The van der Waals surface area contributed by atoms with E-state index >= 15 is 0 Å². The summed E-state index contributed by atoms with van der Waals surface area (Å²) in [5.41, 5.74) is 14.4. The molecule has 0 saturated heterocycles. The number of para-hydroxylation sites is 8. The summed E-state index contributed by atoms with van der Waals surface area (Å²) in [6.45, 7) is 0. The van der Waals surface area contributed by atoms with E-state index in [-0.39, 0.29) is 0 Å². The molecule has 0 bridgehead atoms. The molecule has 0 N–H and O–H groups in total. The molecule has 372 valence electrons. The average molecular weight is 1050 g/mol. The van der Waals surface area contributed by atoms with Gasteiger partial charge >= 0.3 is 0 Å². The second-order valence-corrected chi connectivity index (χ2v) is 25.5. The Morgan fingerprint density at radius 1 is 0.177 bits per heavy atom. The van der Waals surface area contributed by atoms with E-state index < -0.39 is 15.8 Å². The van der Waals surface area contributed by atoms with Gasteiger partial charge in [0.2, 0.25) is 0 Å². The Morgan fingerprint density at radius 3 is 0.494 bits per heavy atom. The molecule has 16 aromatic rings. The third-order valence-corrected chi connectivity index (χ3v) is 22.2. The van der Waals surface area contributed by atoms with Gasteiger partial charge in [-0.2, -0.15) is 0 Å². The van der Waals surface area contributed by atoms with Gasteiger partial charge in [0.05, 0.1) is 44.1 Å². The lowest BCUT2D eigenvalue weighted by Crippen LogP contribution is -2.20. The number of fused-ring (bicyclic) bond motifs is 12. The summed E-state index contributed by atoms with van der Waals surface area (Å²) in [5.74, 6) is 0.970. The molecule has 6 heteroatoms. The molecular weight excluding hydrogens is 995 g/mol. The quantitative estimate of drug-likeness (QED) is 0.122. The lowest BCUT2D eigenvalue weighted by molar-refractivity contribution is 1.18. The molecular formula is C73H50N4P2. The van der Waals surface area contributed by atoms with E-state index in [9.17, 15) is 0 Å². The summed E-state index contributed by atoms with van der Waals surface area (Å²) in [6, 6.07) is 109. The van der Waals surface area contributed by atoms with Crippen molar-refractivity contribution in [3.8, 4) is 22.7 Å². The predicted octanol–water partition coefficient (Wildman–Crippen LogP) is 17.6. The normalized spacial score (nSPS) is 12.1. The Hall–Kier alpha value is -9.30. The van der Waals surface area contributed by atoms with Gasteiger partial charge in [0.15, 0.2) is 0 Å². The van der Waals surface area contributed by atoms with Crippen LogP contribution < -0.4 is 21.2 Å². The van der Waals surface area contributed by atoms with Crippen LogP contribution in [0.4, 0.5) is 0 Å². The first-order valence-electron chi connectivity index (χ1n) is 27.1. The summed E-state index contributed by atoms with van der Waals surface area (Å²) in [6.07, 6.45) is 0. The van der Waals surface area contributed by atoms with Crippen LogP contribution in [0.25, 0.3) is 110 Å². The Kier molecular flexibility index (Phi) is 10.9. The lowest BCUT2D eigenvalue weighted by atomic mass is 10.2. The third-order valence-electron chi connectivity index (χ3n) is 16.3. The molecule has 4 aromatic heterocycles. The monoisotopic (exact) mass is 1040 g/mol. The number of aromatic nitrogens is 4. The van der Waals surface area contributed by atoms with Crippen LogP contribution in [0.1, 0.15) is 0 Å². The van der Waals surface area contributed by atoms with E-state index in [1.165, 1.54) is 131 Å². The van der Waals surface area contributed by atoms with E-state index in [4.69, 9.17) is 0 Å². The van der Waals surface area contributed by atoms with Crippen LogP contribution in [0.3, 0.4) is 0 Å². The molecule has 0 fully saturated rings. The van der Waals surface area contributed by atoms with E-state index in [0.29, 0.717) is 0 Å². The molecule has 0 aliphatic rings. The summed E-state index contributed by atoms with van der Waals surface area (Å²) >= 11 is 0. The van der Waals surface area contributed by atoms with Gasteiger partial charge in [0.25, 0.3) is 0 Å². The highest BCUT2D eigenvalue weighted by Gasteiger charge is 2.25. The van der Waals surface area contributed by atoms with Gasteiger partial charge < -0.3 is 18.3 Å². The minimum atomic E-state index is -0.897. The fourth-order valence-electron chi connectivity index (χ4n) is 12.7. The van der Waals surface area contributed by atoms with Crippen molar-refractivity contribution in [1.82, 2.24) is 18.3 Å². The van der Waals surface area contributed by atoms with Crippen LogP contribution in [0.2, 0.25) is 0 Å². The lowest BCUT2D eigenvalue weighted by Gasteiger charge is -2.27. The van der Waals surface area contributed by atoms with E-state index in [2.05, 4.69) is 309 Å². The van der Waals surface area contributed by atoms with Gasteiger partial charge in [-0.25, -0.2) is 0 Å². The summed E-state index contributed by atoms with van der Waals surface area (Å²) < 4.78 is 9.73. The van der Waals surface area contributed by atoms with Crippen LogP contribution >= 0.6 is 15.8 Å². The average Bonchev–Trinajstić information content (AvgIpc) is 4.47. The Morgan fingerprint density at radius 2 is 0.329 bits per heavy atom. The number of hydrogen-bond donors (Lipinski definition) is 0. The molecule has 16 rings (SSSR count). The first-order valence-corrected chi connectivity index (χ1v) is 30.2. The van der Waals surface area contributed by atoms with Gasteiger partial charge in [-0.15, -0.1) is 0 Å². The molecule has 0 aliphatic carbocycles. The SMILES string of the molecule is c1ccc2c(c1)c1ccccc1n2-c1ccc(P(CP(c2ccc(-n3c4ccccc4c4ccccc43)cc2)c2ccc(-n3c4ccccc4c4ccccc43)cc2)c2ccc(-n3c4ccccc4c4ccccc43)cc2)cc1. The molecule has 12 aromatic carbocycles. The maximum Gasteiger partial charge on any atom is 0.0541 e. The zero-order valence-electron chi connectivity index (χ0n) is 43.1. The number of benzene rings is 12. The van der Waals surface area contributed by atoms with Gasteiger partial charge in [0.1, 0.15) is 0 Å². The van der Waals surface area contributed by atoms with Gasteiger partial charge in [-0.05, 0) is 134 Å². The third kappa shape index (κ3) is 7.44. The molecule has 0 radical (unpaired) electrons. The van der Waals surface area contributed by atoms with Crippen molar-refractivity contribution in [3.63, 3.8) is 0 Å². The summed E-state index contributed by atoms with van der Waals surface area (Å²) in [7, 11) is -1.79. The van der Waals surface area contributed by atoms with Crippen molar-refractivity contribution in [1.29, 1.82) is 0 Å². The van der Waals surface area contributed by atoms with Crippen LogP contribution in [0.5, 0.6) is 0 Å². The molecule has 0 unspecified atom stereocenters. The van der Waals surface area contributed by atoms with Gasteiger partial charge in [0, 0.05) is 71.7 Å². The fraction of sp³-hybridized carbons (Fsp3) is 0.0137. The van der Waals surface area contributed by atoms with Crippen molar-refractivity contribution in [3.05, 3.63) is 291 Å². The van der Waals surface area contributed by atoms with Crippen molar-refractivity contribution >= 4 is 124 Å². The van der Waals surface area contributed by atoms with E-state index in [1.54, 1.807) is 0 Å². The first kappa shape index (κ1) is 45.9. The molecule has 79 heavy (non-hydrogen) atoms. The van der Waals surface area contributed by atoms with Crippen LogP contribution in [-0.2, 0) is 0 Å². The maximum atomic E-state index is 2.43. The van der Waals surface area contributed by atoms with Crippen molar-refractivity contribution in [2.75, 3.05) is 5.90 Å². The molecule has 0 aliphatic heterocycles. The van der Waals surface area contributed by atoms with Crippen LogP contribution in [0.15, 0.2) is 291 Å². The van der Waals surface area contributed by atoms with Crippen molar-refractivity contribution < 1.29 is 0 Å². The first-order chi connectivity index (χ1) is 39.2. The van der Waals surface area contributed by atoms with Crippen LogP contribution in [0, 0.1) is 0 Å². The number of nitrogens with zero attached hydrogens (tertiary/aromatic N) is 4. The Balaban J connectivity index is 0.856. The second-order valence-electron chi connectivity index (χ2n) is 20.5. The standard InChI is InChI=1S/C73H50N4P2/c1-9-25-66-58(17-1)59-18-2-10-26-67(59)74(66)50-33-41-54(42-34-50)78(55-43-35-51(36-44-55)75-68-27-11-3-19-60(68)61-20-4-12-28-69(61)75)49-79(56-45-37-52(38-46-56)76-70-29-13-5-21-62(70)63-22-6-14-30-71(63)76)57-47-39-53(40-48-57)77-72-31-15-7-23-64(72)65-24-8-16-32-73(65)77/h1-48H,49H2. The predicted molar refractivity (Wildman–Crippen MR) is 340 cm³/mol. The largest absolute Gasteiger partial charge is 0.309 e. The molecule has 0 atom stereocenters. The van der Waals surface area contributed by atoms with Gasteiger partial charge in [-0.1, -0.05) is 194 Å². The highest BCUT2D eigenvalue weighted by molar-refractivity contribution is 7.88. The van der Waals surface area contributed by atoms with Crippen molar-refractivity contribution in [2.45, 2.75) is 0 Å². The Bertz CT molecular complexity index is 4140. The topological polar surface area (TPSA) is 19.7 Å².